The normalized spacial score (nSPS) is 20.5. The number of likely N-dealkylation sites (tertiary alicyclic amines) is 1. The van der Waals surface area contributed by atoms with Crippen molar-refractivity contribution in [2.75, 3.05) is 33.4 Å². The molecule has 0 aliphatic carbocycles. The minimum absolute atomic E-state index is 0.118. The van der Waals surface area contributed by atoms with Crippen LogP contribution in [0, 0.1) is 5.92 Å². The van der Waals surface area contributed by atoms with Gasteiger partial charge in [-0.1, -0.05) is 0 Å². The van der Waals surface area contributed by atoms with Crippen molar-refractivity contribution in [3.63, 3.8) is 0 Å². The molecule has 0 saturated carbocycles. The van der Waals surface area contributed by atoms with E-state index in [0.717, 1.165) is 19.7 Å². The van der Waals surface area contributed by atoms with E-state index >= 15 is 0 Å². The molecule has 1 aliphatic heterocycles. The van der Waals surface area contributed by atoms with Crippen molar-refractivity contribution in [2.24, 2.45) is 5.92 Å². The van der Waals surface area contributed by atoms with E-state index in [1.165, 1.54) is 12.8 Å². The molecule has 0 aromatic carbocycles. The Labute approximate surface area is 80.1 Å². The molecule has 1 aliphatic rings. The lowest BCUT2D eigenvalue weighted by Crippen LogP contribution is -2.32. The lowest BCUT2D eigenvalue weighted by atomic mass is 9.98. The Kier molecular flexibility index (Phi) is 4.39. The second kappa shape index (κ2) is 5.35. The monoisotopic (exact) mass is 185 g/mol. The van der Waals surface area contributed by atoms with Crippen LogP contribution in [0.1, 0.15) is 19.8 Å². The van der Waals surface area contributed by atoms with Gasteiger partial charge in [0.2, 0.25) is 0 Å². The molecule has 1 rings (SSSR count). The number of carbonyl (C=O) groups is 1. The maximum Gasteiger partial charge on any atom is 0.155 e. The predicted octanol–water partition coefficient (Wildman–Crippen LogP) is 0.934. The molecule has 3 nitrogen and oxygen atoms in total. The molecule has 0 bridgehead atoms. The molecule has 0 atom stereocenters. The summed E-state index contributed by atoms with van der Waals surface area (Å²) in [6.07, 6.45) is 2.41. The van der Waals surface area contributed by atoms with E-state index in [9.17, 15) is 4.79 Å². The largest absolute Gasteiger partial charge is 0.373 e. The van der Waals surface area contributed by atoms with E-state index in [4.69, 9.17) is 4.74 Å². The first kappa shape index (κ1) is 10.7. The SMILES string of the molecule is CC(=O)COCC1CCN(C)CC1. The summed E-state index contributed by atoms with van der Waals surface area (Å²) in [6, 6.07) is 0. The summed E-state index contributed by atoms with van der Waals surface area (Å²) in [4.78, 5) is 12.9. The van der Waals surface area contributed by atoms with Gasteiger partial charge >= 0.3 is 0 Å². The van der Waals surface area contributed by atoms with Crippen LogP contribution in [0.15, 0.2) is 0 Å². The number of ether oxygens (including phenoxy) is 1. The fourth-order valence-electron chi connectivity index (χ4n) is 1.60. The lowest BCUT2D eigenvalue weighted by Gasteiger charge is -2.28. The molecular weight excluding hydrogens is 166 g/mol. The molecule has 13 heavy (non-hydrogen) atoms. The zero-order valence-electron chi connectivity index (χ0n) is 8.58. The highest BCUT2D eigenvalue weighted by Crippen LogP contribution is 2.15. The molecule has 1 fully saturated rings. The molecule has 76 valence electrons. The quantitative estimate of drug-likeness (QED) is 0.652. The maximum absolute atomic E-state index is 10.6. The summed E-state index contributed by atoms with van der Waals surface area (Å²) < 4.78 is 5.30. The molecule has 0 amide bonds. The first-order valence-electron chi connectivity index (χ1n) is 4.94. The van der Waals surface area contributed by atoms with Crippen LogP contribution in [0.3, 0.4) is 0 Å². The van der Waals surface area contributed by atoms with Gasteiger partial charge in [0.1, 0.15) is 6.61 Å². The minimum atomic E-state index is 0.118. The molecule has 1 saturated heterocycles. The van der Waals surface area contributed by atoms with Crippen LogP contribution in [0.25, 0.3) is 0 Å². The molecule has 1 heterocycles. The summed E-state index contributed by atoms with van der Waals surface area (Å²) in [7, 11) is 2.15. The van der Waals surface area contributed by atoms with Crippen molar-refractivity contribution < 1.29 is 9.53 Å². The molecule has 3 heteroatoms. The number of Topliss-reactive ketones (excluding diaryl/α,β-unsaturated/α-hetero) is 1. The van der Waals surface area contributed by atoms with Crippen LogP contribution in [-0.4, -0.2) is 44.0 Å². The number of hydrogen-bond donors (Lipinski definition) is 0. The van der Waals surface area contributed by atoms with Gasteiger partial charge in [0, 0.05) is 0 Å². The van der Waals surface area contributed by atoms with Crippen LogP contribution in [0.4, 0.5) is 0 Å². The lowest BCUT2D eigenvalue weighted by molar-refractivity contribution is -0.122. The van der Waals surface area contributed by atoms with Crippen molar-refractivity contribution >= 4 is 5.78 Å². The van der Waals surface area contributed by atoms with Gasteiger partial charge in [0.15, 0.2) is 5.78 Å². The number of hydrogen-bond acceptors (Lipinski definition) is 3. The molecule has 0 N–H and O–H groups in total. The highest BCUT2D eigenvalue weighted by molar-refractivity contribution is 5.76. The number of ketones is 1. The van der Waals surface area contributed by atoms with Gasteiger partial charge < -0.3 is 9.64 Å². The van der Waals surface area contributed by atoms with Crippen molar-refractivity contribution in [1.29, 1.82) is 0 Å². The average Bonchev–Trinajstić information content (AvgIpc) is 2.08. The van der Waals surface area contributed by atoms with Crippen molar-refractivity contribution in [3.05, 3.63) is 0 Å². The van der Waals surface area contributed by atoms with Crippen molar-refractivity contribution in [1.82, 2.24) is 4.90 Å². The van der Waals surface area contributed by atoms with E-state index in [1.807, 2.05) is 0 Å². The van der Waals surface area contributed by atoms with Crippen LogP contribution in [0.2, 0.25) is 0 Å². The zero-order valence-corrected chi connectivity index (χ0v) is 8.58. The van der Waals surface area contributed by atoms with E-state index < -0.39 is 0 Å². The van der Waals surface area contributed by atoms with Crippen LogP contribution in [-0.2, 0) is 9.53 Å². The fraction of sp³-hybridized carbons (Fsp3) is 0.900. The van der Waals surface area contributed by atoms with Gasteiger partial charge in [0.25, 0.3) is 0 Å². The van der Waals surface area contributed by atoms with Gasteiger partial charge in [0.05, 0.1) is 6.61 Å². The van der Waals surface area contributed by atoms with Crippen molar-refractivity contribution in [2.45, 2.75) is 19.8 Å². The Balaban J connectivity index is 2.05. The van der Waals surface area contributed by atoms with E-state index in [-0.39, 0.29) is 12.4 Å². The summed E-state index contributed by atoms with van der Waals surface area (Å²) in [5.74, 6) is 0.781. The Morgan fingerprint density at radius 2 is 2.08 bits per heavy atom. The van der Waals surface area contributed by atoms with Gasteiger partial charge in [-0.15, -0.1) is 0 Å². The molecular formula is C10H19NO2. The topological polar surface area (TPSA) is 29.5 Å². The summed E-state index contributed by atoms with van der Waals surface area (Å²) in [5.41, 5.74) is 0. The third kappa shape index (κ3) is 4.39. The fourth-order valence-corrected chi connectivity index (χ4v) is 1.60. The summed E-state index contributed by atoms with van der Waals surface area (Å²) in [5, 5.41) is 0. The van der Waals surface area contributed by atoms with Gasteiger partial charge in [-0.05, 0) is 45.8 Å². The summed E-state index contributed by atoms with van der Waals surface area (Å²) in [6.45, 7) is 4.93. The number of nitrogens with zero attached hydrogens (tertiary/aromatic N) is 1. The Bertz CT molecular complexity index is 162. The van der Waals surface area contributed by atoms with Gasteiger partial charge in [-0.3, -0.25) is 4.79 Å². The maximum atomic E-state index is 10.6. The van der Waals surface area contributed by atoms with Gasteiger partial charge in [-0.2, -0.15) is 0 Å². The zero-order chi connectivity index (χ0) is 9.68. The number of carbonyl (C=O) groups excluding carboxylic acids is 1. The average molecular weight is 185 g/mol. The van der Waals surface area contributed by atoms with Crippen LogP contribution in [0.5, 0.6) is 0 Å². The van der Waals surface area contributed by atoms with Gasteiger partial charge in [-0.25, -0.2) is 0 Å². The number of piperidine rings is 1. The second-order valence-corrected chi connectivity index (χ2v) is 3.96. The molecule has 0 aromatic rings. The highest BCUT2D eigenvalue weighted by atomic mass is 16.5. The van der Waals surface area contributed by atoms with Crippen molar-refractivity contribution in [3.8, 4) is 0 Å². The van der Waals surface area contributed by atoms with Crippen LogP contribution >= 0.6 is 0 Å². The molecule has 0 unspecified atom stereocenters. The standard InChI is InChI=1S/C10H19NO2/c1-9(12)7-13-8-10-3-5-11(2)6-4-10/h10H,3-8H2,1-2H3. The van der Waals surface area contributed by atoms with E-state index in [2.05, 4.69) is 11.9 Å². The Hall–Kier alpha value is -0.410. The Morgan fingerprint density at radius 3 is 2.62 bits per heavy atom. The smallest absolute Gasteiger partial charge is 0.155 e. The van der Waals surface area contributed by atoms with E-state index in [0.29, 0.717) is 5.92 Å². The summed E-state index contributed by atoms with van der Waals surface area (Å²) >= 11 is 0. The Morgan fingerprint density at radius 1 is 1.46 bits per heavy atom. The molecule has 0 spiro atoms. The first-order chi connectivity index (χ1) is 6.18. The van der Waals surface area contributed by atoms with Crippen LogP contribution < -0.4 is 0 Å². The van der Waals surface area contributed by atoms with E-state index in [1.54, 1.807) is 6.92 Å². The minimum Gasteiger partial charge on any atom is -0.373 e. The molecule has 0 aromatic heterocycles. The third-order valence-corrected chi connectivity index (χ3v) is 2.50. The first-order valence-corrected chi connectivity index (χ1v) is 4.94. The highest BCUT2D eigenvalue weighted by Gasteiger charge is 2.16. The predicted molar refractivity (Wildman–Crippen MR) is 51.7 cm³/mol. The second-order valence-electron chi connectivity index (χ2n) is 3.96. The third-order valence-electron chi connectivity index (χ3n) is 2.50. The molecule has 0 radical (unpaired) electrons. The number of rotatable bonds is 4.